The molecule has 0 radical (unpaired) electrons. The molecule has 1 fully saturated rings. The minimum absolute atomic E-state index is 0.168. The largest absolute Gasteiger partial charge is 0.465 e. The smallest absolute Gasteiger partial charge is 0.328 e. The van der Waals surface area contributed by atoms with Gasteiger partial charge in [-0.15, -0.1) is 0 Å². The molecule has 0 unspecified atom stereocenters. The van der Waals surface area contributed by atoms with Crippen molar-refractivity contribution in [3.63, 3.8) is 0 Å². The molecule has 3 rings (SSSR count). The molecule has 1 saturated carbocycles. The maximum absolute atomic E-state index is 13.4. The van der Waals surface area contributed by atoms with E-state index in [-0.39, 0.29) is 18.7 Å². The summed E-state index contributed by atoms with van der Waals surface area (Å²) in [6, 6.07) is 7.69. The molecular weight excluding hydrogens is 372 g/mol. The molecule has 2 aliphatic rings. The fourth-order valence-corrected chi connectivity index (χ4v) is 6.38. The quantitative estimate of drug-likeness (QED) is 0.543. The molecular formula is C22H26N2O3S. The molecule has 1 aromatic rings. The lowest BCUT2D eigenvalue weighted by Gasteiger charge is -2.49. The summed E-state index contributed by atoms with van der Waals surface area (Å²) in [5.41, 5.74) is 1.91. The molecule has 0 saturated heterocycles. The molecule has 0 amide bonds. The normalized spacial score (nSPS) is 31.0. The number of methoxy groups -OCH3 is 1. The van der Waals surface area contributed by atoms with Crippen molar-refractivity contribution in [2.45, 2.75) is 56.8 Å². The number of carbonyl (C=O) groups is 1. The summed E-state index contributed by atoms with van der Waals surface area (Å²) in [4.78, 5) is 13.4. The van der Waals surface area contributed by atoms with E-state index in [1.807, 2.05) is 6.07 Å². The molecule has 28 heavy (non-hydrogen) atoms. The van der Waals surface area contributed by atoms with Crippen LogP contribution >= 0.6 is 11.8 Å². The predicted octanol–water partition coefficient (Wildman–Crippen LogP) is 4.30. The summed E-state index contributed by atoms with van der Waals surface area (Å²) in [5.74, 6) is -0.0438. The van der Waals surface area contributed by atoms with Crippen molar-refractivity contribution in [3.05, 3.63) is 34.9 Å². The van der Waals surface area contributed by atoms with Gasteiger partial charge in [0.1, 0.15) is 5.40 Å². The number of hydrogen-bond donors (Lipinski definition) is 0. The Kier molecular flexibility index (Phi) is 6.03. The Bertz CT molecular complexity index is 843. The van der Waals surface area contributed by atoms with Gasteiger partial charge in [-0.2, -0.15) is 10.5 Å². The van der Waals surface area contributed by atoms with Crippen LogP contribution in [-0.4, -0.2) is 25.8 Å². The lowest BCUT2D eigenvalue weighted by atomic mass is 9.61. The second-order valence-electron chi connectivity index (χ2n) is 7.72. The maximum atomic E-state index is 13.4. The van der Waals surface area contributed by atoms with Crippen molar-refractivity contribution in [2.75, 3.05) is 13.7 Å². The van der Waals surface area contributed by atoms with Gasteiger partial charge in [-0.3, -0.25) is 4.79 Å². The first-order valence-electron chi connectivity index (χ1n) is 9.82. The standard InChI is InChI=1S/C22H26N2O3S/c1-4-16-11-21(9-8-19(16)26-3)12-17-7-6-15(13-23)10-18(17)22(21,28-14-24)20(25)27-5-2/h6-7,10,16,19H,4-5,8-9,11-12H2,1-3H3/t16-,19-,21-,22+/m0/s1. The number of esters is 1. The first kappa shape index (κ1) is 20.7. The molecule has 1 spiro atoms. The van der Waals surface area contributed by atoms with Crippen LogP contribution in [0.5, 0.6) is 0 Å². The fourth-order valence-electron chi connectivity index (χ4n) is 5.32. The SMILES string of the molecule is CCOC(=O)[C@]1(SC#N)c2cc(C#N)ccc2C[C@@]12CC[C@H](OC)[C@@H](CC)C2. The zero-order chi connectivity index (χ0) is 20.4. The van der Waals surface area contributed by atoms with Crippen LogP contribution in [-0.2, 0) is 25.4 Å². The Morgan fingerprint density at radius 1 is 1.36 bits per heavy atom. The lowest BCUT2D eigenvalue weighted by Crippen LogP contribution is -2.52. The Morgan fingerprint density at radius 3 is 2.75 bits per heavy atom. The molecule has 5 nitrogen and oxygen atoms in total. The fraction of sp³-hybridized carbons (Fsp3) is 0.591. The summed E-state index contributed by atoms with van der Waals surface area (Å²) in [6.07, 6.45) is 4.27. The molecule has 4 atom stereocenters. The van der Waals surface area contributed by atoms with Gasteiger partial charge in [0.2, 0.25) is 0 Å². The van der Waals surface area contributed by atoms with Gasteiger partial charge in [0.25, 0.3) is 0 Å². The summed E-state index contributed by atoms with van der Waals surface area (Å²) < 4.78 is 10.1. The number of carbonyl (C=O) groups excluding carboxylic acids is 1. The van der Waals surface area contributed by atoms with Gasteiger partial charge in [0.05, 0.1) is 24.3 Å². The van der Waals surface area contributed by atoms with Gasteiger partial charge in [-0.05, 0) is 73.5 Å². The van der Waals surface area contributed by atoms with Crippen LogP contribution in [0.25, 0.3) is 0 Å². The van der Waals surface area contributed by atoms with E-state index in [9.17, 15) is 15.3 Å². The second-order valence-corrected chi connectivity index (χ2v) is 8.72. The summed E-state index contributed by atoms with van der Waals surface area (Å²) in [6.45, 7) is 4.19. The highest BCUT2D eigenvalue weighted by Gasteiger charge is 2.65. The van der Waals surface area contributed by atoms with Gasteiger partial charge in [-0.1, -0.05) is 19.4 Å². The van der Waals surface area contributed by atoms with Crippen molar-refractivity contribution in [2.24, 2.45) is 11.3 Å². The van der Waals surface area contributed by atoms with Crippen LogP contribution in [0.15, 0.2) is 18.2 Å². The van der Waals surface area contributed by atoms with Gasteiger partial charge < -0.3 is 9.47 Å². The highest BCUT2D eigenvalue weighted by molar-refractivity contribution is 8.05. The Balaban J connectivity index is 2.20. The third-order valence-electron chi connectivity index (χ3n) is 6.57. The molecule has 6 heteroatoms. The number of ether oxygens (including phenoxy) is 2. The monoisotopic (exact) mass is 398 g/mol. The maximum Gasteiger partial charge on any atom is 0.328 e. The van der Waals surface area contributed by atoms with Crippen LogP contribution in [0.1, 0.15) is 56.2 Å². The van der Waals surface area contributed by atoms with E-state index in [1.54, 1.807) is 26.2 Å². The average molecular weight is 399 g/mol. The van der Waals surface area contributed by atoms with Gasteiger partial charge in [0, 0.05) is 12.5 Å². The number of thioether (sulfide) groups is 1. The number of hydrogen-bond acceptors (Lipinski definition) is 6. The van der Waals surface area contributed by atoms with Crippen LogP contribution in [0.3, 0.4) is 0 Å². The van der Waals surface area contributed by atoms with Gasteiger partial charge in [0.15, 0.2) is 4.75 Å². The van der Waals surface area contributed by atoms with E-state index >= 15 is 0 Å². The van der Waals surface area contributed by atoms with E-state index in [0.717, 1.165) is 48.6 Å². The molecule has 148 valence electrons. The molecule has 0 N–H and O–H groups in total. The van der Waals surface area contributed by atoms with E-state index in [2.05, 4.69) is 18.4 Å². The highest BCUT2D eigenvalue weighted by Crippen LogP contribution is 2.65. The molecule has 0 aliphatic heterocycles. The third-order valence-corrected chi connectivity index (χ3v) is 7.79. The van der Waals surface area contributed by atoms with E-state index in [1.165, 1.54) is 0 Å². The number of rotatable bonds is 5. The lowest BCUT2D eigenvalue weighted by molar-refractivity contribution is -0.152. The van der Waals surface area contributed by atoms with Crippen molar-refractivity contribution >= 4 is 17.7 Å². The average Bonchev–Trinajstić information content (AvgIpc) is 2.97. The van der Waals surface area contributed by atoms with E-state index in [4.69, 9.17) is 9.47 Å². The number of thiocyanates is 1. The van der Waals surface area contributed by atoms with E-state index in [0.29, 0.717) is 17.9 Å². The number of benzene rings is 1. The van der Waals surface area contributed by atoms with Crippen LogP contribution in [0.4, 0.5) is 0 Å². The Labute approximate surface area is 171 Å². The summed E-state index contributed by atoms with van der Waals surface area (Å²) >= 11 is 1.00. The zero-order valence-electron chi connectivity index (χ0n) is 16.7. The minimum Gasteiger partial charge on any atom is -0.465 e. The van der Waals surface area contributed by atoms with E-state index < -0.39 is 10.2 Å². The Hall–Kier alpha value is -2.02. The first-order chi connectivity index (χ1) is 13.5. The summed E-state index contributed by atoms with van der Waals surface area (Å²) in [7, 11) is 1.75. The van der Waals surface area contributed by atoms with Crippen LogP contribution < -0.4 is 0 Å². The molecule has 0 aromatic heterocycles. The minimum atomic E-state index is -1.11. The molecule has 0 bridgehead atoms. The van der Waals surface area contributed by atoms with Gasteiger partial charge in [-0.25, -0.2) is 0 Å². The predicted molar refractivity (Wildman–Crippen MR) is 107 cm³/mol. The van der Waals surface area contributed by atoms with Crippen LogP contribution in [0, 0.1) is 33.3 Å². The van der Waals surface area contributed by atoms with Crippen molar-refractivity contribution in [1.82, 2.24) is 0 Å². The van der Waals surface area contributed by atoms with Crippen molar-refractivity contribution in [1.29, 1.82) is 10.5 Å². The first-order valence-corrected chi connectivity index (χ1v) is 10.6. The second kappa shape index (κ2) is 8.15. The number of fused-ring (bicyclic) bond motifs is 1. The zero-order valence-corrected chi connectivity index (χ0v) is 17.5. The molecule has 1 aromatic carbocycles. The molecule has 2 aliphatic carbocycles. The summed E-state index contributed by atoms with van der Waals surface area (Å²) in [5, 5.41) is 21.3. The Morgan fingerprint density at radius 2 is 2.14 bits per heavy atom. The molecule has 0 heterocycles. The van der Waals surface area contributed by atoms with Crippen molar-refractivity contribution < 1.29 is 14.3 Å². The topological polar surface area (TPSA) is 83.1 Å². The van der Waals surface area contributed by atoms with Crippen LogP contribution in [0.2, 0.25) is 0 Å². The van der Waals surface area contributed by atoms with Crippen molar-refractivity contribution in [3.8, 4) is 11.5 Å². The number of nitrogens with zero attached hydrogens (tertiary/aromatic N) is 2. The van der Waals surface area contributed by atoms with Gasteiger partial charge >= 0.3 is 5.97 Å². The third kappa shape index (κ3) is 3.00. The number of nitriles is 2. The highest BCUT2D eigenvalue weighted by atomic mass is 32.2.